The highest BCUT2D eigenvalue weighted by Gasteiger charge is 2.42. The van der Waals surface area contributed by atoms with Crippen LogP contribution in [0, 0.1) is 5.82 Å². The first-order valence-electron chi connectivity index (χ1n) is 13.2. The van der Waals surface area contributed by atoms with E-state index in [1.807, 2.05) is 55.5 Å². The number of alkyl halides is 1. The highest BCUT2D eigenvalue weighted by molar-refractivity contribution is 5.89. The Labute approximate surface area is 224 Å². The van der Waals surface area contributed by atoms with E-state index in [2.05, 4.69) is 15.6 Å². The number of hydrogen-bond acceptors (Lipinski definition) is 4. The minimum Gasteiger partial charge on any atom is -0.343 e. The van der Waals surface area contributed by atoms with Crippen LogP contribution in [0.25, 0.3) is 11.0 Å². The van der Waals surface area contributed by atoms with Gasteiger partial charge in [-0.2, -0.15) is 0 Å². The van der Waals surface area contributed by atoms with Crippen LogP contribution in [0.2, 0.25) is 0 Å². The number of likely N-dealkylation sites (tertiary alicyclic amines) is 1. The second kappa shape index (κ2) is 9.87. The molecule has 1 saturated heterocycles. The molecule has 1 aromatic heterocycles. The predicted octanol–water partition coefficient (Wildman–Crippen LogP) is 4.47. The molecule has 200 valence electrons. The average molecular weight is 530 g/mol. The van der Waals surface area contributed by atoms with E-state index < -0.39 is 30.1 Å². The van der Waals surface area contributed by atoms with Crippen LogP contribution < -0.4 is 5.32 Å². The largest absolute Gasteiger partial charge is 0.343 e. The van der Waals surface area contributed by atoms with Crippen LogP contribution in [0.4, 0.5) is 8.78 Å². The maximum atomic E-state index is 15.2. The molecule has 1 saturated carbocycles. The molecule has 1 N–H and O–H groups in total. The fourth-order valence-electron chi connectivity index (χ4n) is 5.46. The van der Waals surface area contributed by atoms with Gasteiger partial charge in [-0.3, -0.25) is 9.59 Å². The molecule has 39 heavy (non-hydrogen) atoms. The first-order valence-corrected chi connectivity index (χ1v) is 13.2. The van der Waals surface area contributed by atoms with Crippen molar-refractivity contribution in [1.82, 2.24) is 25.2 Å². The molecule has 2 aliphatic rings. The summed E-state index contributed by atoms with van der Waals surface area (Å²) in [6.07, 6.45) is 0.455. The summed E-state index contributed by atoms with van der Waals surface area (Å²) in [6, 6.07) is 19.9. The highest BCUT2D eigenvalue weighted by atomic mass is 19.1. The van der Waals surface area contributed by atoms with Crippen molar-refractivity contribution in [3.63, 3.8) is 0 Å². The fraction of sp³-hybridized carbons (Fsp3) is 0.333. The van der Waals surface area contributed by atoms with Gasteiger partial charge in [-0.15, -0.1) is 5.10 Å². The van der Waals surface area contributed by atoms with Gasteiger partial charge >= 0.3 is 0 Å². The molecule has 4 aromatic rings. The smallest absolute Gasteiger partial charge is 0.245 e. The Balaban J connectivity index is 1.25. The number of fused-ring (bicyclic) bond motifs is 1. The van der Waals surface area contributed by atoms with Crippen LogP contribution in [-0.2, 0) is 21.5 Å². The Bertz CT molecular complexity index is 1530. The molecule has 9 heteroatoms. The molecule has 2 fully saturated rings. The van der Waals surface area contributed by atoms with E-state index >= 15 is 4.39 Å². The topological polar surface area (TPSA) is 80.1 Å². The third kappa shape index (κ3) is 4.89. The number of rotatable bonds is 7. The average Bonchev–Trinajstić information content (AvgIpc) is 3.36. The normalized spacial score (nSPS) is 20.6. The molecule has 3 atom stereocenters. The van der Waals surface area contributed by atoms with Gasteiger partial charge in [0.15, 0.2) is 0 Å². The van der Waals surface area contributed by atoms with Gasteiger partial charge in [0.25, 0.3) is 0 Å². The third-order valence-electron chi connectivity index (χ3n) is 7.97. The number of benzene rings is 3. The summed E-state index contributed by atoms with van der Waals surface area (Å²) in [5.41, 5.74) is 3.21. The maximum Gasteiger partial charge on any atom is 0.245 e. The zero-order chi connectivity index (χ0) is 27.1. The molecule has 6 rings (SSSR count). The summed E-state index contributed by atoms with van der Waals surface area (Å²) in [7, 11) is 0. The van der Waals surface area contributed by atoms with Crippen molar-refractivity contribution in [2.24, 2.45) is 0 Å². The molecule has 0 spiro atoms. The molecule has 2 heterocycles. The van der Waals surface area contributed by atoms with Gasteiger partial charge in [0, 0.05) is 6.42 Å². The third-order valence-corrected chi connectivity index (χ3v) is 7.97. The number of halogens is 2. The summed E-state index contributed by atoms with van der Waals surface area (Å²) in [4.78, 5) is 28.1. The van der Waals surface area contributed by atoms with E-state index in [9.17, 15) is 14.0 Å². The molecular weight excluding hydrogens is 500 g/mol. The minimum atomic E-state index is -1.33. The van der Waals surface area contributed by atoms with Gasteiger partial charge in [0.05, 0.1) is 18.1 Å². The molecule has 2 amide bonds. The minimum absolute atomic E-state index is 0.108. The van der Waals surface area contributed by atoms with Gasteiger partial charge in [-0.25, -0.2) is 13.5 Å². The van der Waals surface area contributed by atoms with Gasteiger partial charge < -0.3 is 10.2 Å². The molecule has 0 bridgehead atoms. The zero-order valence-electron chi connectivity index (χ0n) is 21.6. The van der Waals surface area contributed by atoms with Crippen molar-refractivity contribution in [3.05, 3.63) is 95.3 Å². The number of para-hydroxylation sites is 1. The van der Waals surface area contributed by atoms with Crippen LogP contribution in [0.5, 0.6) is 0 Å². The summed E-state index contributed by atoms with van der Waals surface area (Å²) >= 11 is 0. The van der Waals surface area contributed by atoms with Crippen molar-refractivity contribution in [1.29, 1.82) is 0 Å². The number of hydrogen-bond donors (Lipinski definition) is 1. The van der Waals surface area contributed by atoms with E-state index in [0.717, 1.165) is 18.4 Å². The van der Waals surface area contributed by atoms with Crippen molar-refractivity contribution in [2.45, 2.75) is 56.4 Å². The Hall–Kier alpha value is -4.14. The van der Waals surface area contributed by atoms with Crippen molar-refractivity contribution < 1.29 is 18.4 Å². The monoisotopic (exact) mass is 529 g/mol. The van der Waals surface area contributed by atoms with Gasteiger partial charge in [-0.1, -0.05) is 66.7 Å². The quantitative estimate of drug-likeness (QED) is 0.383. The summed E-state index contributed by atoms with van der Waals surface area (Å²) in [5.74, 6) is -1.21. The number of aromatic nitrogens is 3. The lowest BCUT2D eigenvalue weighted by atomic mass is 9.92. The van der Waals surface area contributed by atoms with E-state index in [1.54, 1.807) is 18.2 Å². The molecule has 7 nitrogen and oxygen atoms in total. The van der Waals surface area contributed by atoms with Crippen LogP contribution in [-0.4, -0.2) is 50.5 Å². The molecule has 1 aliphatic carbocycles. The van der Waals surface area contributed by atoms with Crippen LogP contribution in [0.3, 0.4) is 0 Å². The van der Waals surface area contributed by atoms with E-state index in [4.69, 9.17) is 0 Å². The van der Waals surface area contributed by atoms with Crippen LogP contribution in [0.1, 0.15) is 48.9 Å². The van der Waals surface area contributed by atoms with Crippen molar-refractivity contribution >= 4 is 22.8 Å². The summed E-state index contributed by atoms with van der Waals surface area (Å²) < 4.78 is 31.3. The molecule has 3 aromatic carbocycles. The highest BCUT2D eigenvalue weighted by Crippen LogP contribution is 2.48. The molecule has 0 radical (unpaired) electrons. The Morgan fingerprint density at radius 2 is 1.79 bits per heavy atom. The number of nitrogens with zero attached hydrogens (tertiary/aromatic N) is 4. The zero-order valence-corrected chi connectivity index (χ0v) is 21.6. The first-order chi connectivity index (χ1) is 18.8. The van der Waals surface area contributed by atoms with Crippen LogP contribution >= 0.6 is 0 Å². The first kappa shape index (κ1) is 25.2. The summed E-state index contributed by atoms with van der Waals surface area (Å²) in [5, 5.41) is 11.1. The lowest BCUT2D eigenvalue weighted by Gasteiger charge is -2.27. The van der Waals surface area contributed by atoms with E-state index in [1.165, 1.54) is 15.6 Å². The lowest BCUT2D eigenvalue weighted by molar-refractivity contribution is -0.139. The van der Waals surface area contributed by atoms with Gasteiger partial charge in [0.2, 0.25) is 11.8 Å². The molecular formula is C30H29F2N5O2. The number of carbonyl (C=O) groups is 2. The van der Waals surface area contributed by atoms with Crippen molar-refractivity contribution in [2.75, 3.05) is 6.54 Å². The number of amides is 2. The second-order valence-corrected chi connectivity index (χ2v) is 10.8. The molecule has 1 aliphatic heterocycles. The van der Waals surface area contributed by atoms with Crippen LogP contribution in [0.15, 0.2) is 72.8 Å². The fourth-order valence-corrected chi connectivity index (χ4v) is 5.46. The maximum absolute atomic E-state index is 15.2. The Morgan fingerprint density at radius 3 is 2.54 bits per heavy atom. The van der Waals surface area contributed by atoms with Crippen molar-refractivity contribution in [3.8, 4) is 0 Å². The molecule has 0 unspecified atom stereocenters. The van der Waals surface area contributed by atoms with Gasteiger partial charge in [0.1, 0.15) is 30.1 Å². The number of carbonyl (C=O) groups excluding carboxylic acids is 2. The van der Waals surface area contributed by atoms with Gasteiger partial charge in [-0.05, 0) is 53.1 Å². The Kier molecular flexibility index (Phi) is 6.37. The second-order valence-electron chi connectivity index (χ2n) is 10.8. The SMILES string of the molecule is CC1(c2ccc([C@@H](NC(=O)[C@@H]3C[C@@H](F)CN3C(=O)Cn3nnc4ccccc43)c3ccccc3)cc2F)CC1. The lowest BCUT2D eigenvalue weighted by Crippen LogP contribution is -2.48. The van der Waals surface area contributed by atoms with E-state index in [-0.39, 0.29) is 30.7 Å². The Morgan fingerprint density at radius 1 is 1.05 bits per heavy atom. The predicted molar refractivity (Wildman–Crippen MR) is 142 cm³/mol. The number of nitrogens with one attached hydrogen (secondary N) is 1. The standard InChI is InChI=1S/C30H29F2N5O2/c1-30(13-14-30)22-12-11-20(15-23(22)32)28(19-7-3-2-4-8-19)33-29(39)26-16-21(31)17-36(26)27(38)18-37-25-10-6-5-9-24(25)34-35-37/h2-12,15,21,26,28H,13-14,16-18H2,1H3,(H,33,39)/t21-,26+,28+/m1/s1. The van der Waals surface area contributed by atoms with E-state index in [0.29, 0.717) is 22.2 Å². The summed E-state index contributed by atoms with van der Waals surface area (Å²) in [6.45, 7) is 1.70.